The summed E-state index contributed by atoms with van der Waals surface area (Å²) >= 11 is 5.29. The largest absolute Gasteiger partial charge is 0.356 e. The van der Waals surface area contributed by atoms with E-state index in [2.05, 4.69) is 24.2 Å². The number of aryl methyl sites for hydroxylation is 2. The number of hydrogen-bond donors (Lipinski definition) is 1. The molecule has 1 aliphatic rings. The summed E-state index contributed by atoms with van der Waals surface area (Å²) in [4.78, 5) is 16.8. The third kappa shape index (κ3) is 3.55. The summed E-state index contributed by atoms with van der Waals surface area (Å²) < 4.78 is 0. The number of hydrogen-bond acceptors (Lipinski definition) is 3. The molecule has 4 nitrogen and oxygen atoms in total. The predicted octanol–water partition coefficient (Wildman–Crippen LogP) is 1.82. The molecule has 20 heavy (non-hydrogen) atoms. The SMILES string of the molecule is Cc1ccc(NC(=O)C(=S)N2CCN(C)CC2)cc1C. The van der Waals surface area contributed by atoms with Crippen LogP contribution in [-0.4, -0.2) is 53.9 Å². The number of anilines is 1. The second-order valence-corrected chi connectivity index (χ2v) is 5.74. The Kier molecular flexibility index (Phi) is 4.73. The lowest BCUT2D eigenvalue weighted by molar-refractivity contribution is -0.110. The minimum Gasteiger partial charge on any atom is -0.356 e. The first-order valence-electron chi connectivity index (χ1n) is 6.83. The number of piperazine rings is 1. The molecule has 0 unspecified atom stereocenters. The van der Waals surface area contributed by atoms with Crippen molar-refractivity contribution in [2.45, 2.75) is 13.8 Å². The fraction of sp³-hybridized carbons (Fsp3) is 0.467. The zero-order valence-electron chi connectivity index (χ0n) is 12.3. The highest BCUT2D eigenvalue weighted by atomic mass is 32.1. The Hall–Kier alpha value is -1.46. The summed E-state index contributed by atoms with van der Waals surface area (Å²) in [6, 6.07) is 5.89. The summed E-state index contributed by atoms with van der Waals surface area (Å²) in [6.45, 7) is 7.60. The van der Waals surface area contributed by atoms with Gasteiger partial charge in [0, 0.05) is 31.9 Å². The summed E-state index contributed by atoms with van der Waals surface area (Å²) in [5.74, 6) is -0.187. The summed E-state index contributed by atoms with van der Waals surface area (Å²) in [6.07, 6.45) is 0. The van der Waals surface area contributed by atoms with Crippen molar-refractivity contribution in [1.29, 1.82) is 0 Å². The molecule has 108 valence electrons. The number of thiocarbonyl (C=S) groups is 1. The molecule has 1 aromatic carbocycles. The molecule has 2 rings (SSSR count). The van der Waals surface area contributed by atoms with Crippen LogP contribution in [0.1, 0.15) is 11.1 Å². The quantitative estimate of drug-likeness (QED) is 0.801. The van der Waals surface area contributed by atoms with Gasteiger partial charge in [0.05, 0.1) is 0 Å². The first kappa shape index (κ1) is 14.9. The van der Waals surface area contributed by atoms with E-state index in [0.29, 0.717) is 4.99 Å². The zero-order chi connectivity index (χ0) is 14.7. The predicted molar refractivity (Wildman–Crippen MR) is 86.2 cm³/mol. The van der Waals surface area contributed by atoms with E-state index in [1.165, 1.54) is 5.56 Å². The van der Waals surface area contributed by atoms with E-state index in [-0.39, 0.29) is 5.91 Å². The molecule has 1 amide bonds. The molecule has 1 N–H and O–H groups in total. The van der Waals surface area contributed by atoms with Gasteiger partial charge in [0.1, 0.15) is 0 Å². The van der Waals surface area contributed by atoms with E-state index in [0.717, 1.165) is 37.4 Å². The van der Waals surface area contributed by atoms with Gasteiger partial charge in [-0.2, -0.15) is 0 Å². The highest BCUT2D eigenvalue weighted by Crippen LogP contribution is 2.14. The van der Waals surface area contributed by atoms with E-state index >= 15 is 0 Å². The molecule has 1 fully saturated rings. The Morgan fingerprint density at radius 1 is 1.15 bits per heavy atom. The standard InChI is InChI=1S/C15H21N3OS/c1-11-4-5-13(10-12(11)2)16-14(19)15(20)18-8-6-17(3)7-9-18/h4-5,10H,6-9H2,1-3H3,(H,16,19). The number of nitrogens with one attached hydrogen (secondary N) is 1. The summed E-state index contributed by atoms with van der Waals surface area (Å²) in [5.41, 5.74) is 3.17. The number of carbonyl (C=O) groups is 1. The first-order valence-corrected chi connectivity index (χ1v) is 7.24. The van der Waals surface area contributed by atoms with E-state index in [1.807, 2.05) is 30.0 Å². The van der Waals surface area contributed by atoms with Gasteiger partial charge in [-0.3, -0.25) is 4.79 Å². The third-order valence-corrected chi connectivity index (χ3v) is 4.19. The fourth-order valence-corrected chi connectivity index (χ4v) is 2.39. The van der Waals surface area contributed by atoms with Crippen LogP contribution < -0.4 is 5.32 Å². The van der Waals surface area contributed by atoms with Crippen LogP contribution in [-0.2, 0) is 4.79 Å². The van der Waals surface area contributed by atoms with Gasteiger partial charge in [-0.1, -0.05) is 18.3 Å². The van der Waals surface area contributed by atoms with E-state index in [9.17, 15) is 4.79 Å². The average molecular weight is 291 g/mol. The number of nitrogens with zero attached hydrogens (tertiary/aromatic N) is 2. The van der Waals surface area contributed by atoms with E-state index in [4.69, 9.17) is 12.2 Å². The van der Waals surface area contributed by atoms with Crippen LogP contribution in [0, 0.1) is 13.8 Å². The van der Waals surface area contributed by atoms with Gasteiger partial charge in [0.2, 0.25) is 0 Å². The number of carbonyl (C=O) groups excluding carboxylic acids is 1. The molecule has 1 saturated heterocycles. The molecular weight excluding hydrogens is 270 g/mol. The van der Waals surface area contributed by atoms with Crippen LogP contribution in [0.2, 0.25) is 0 Å². The molecule has 1 aromatic rings. The lowest BCUT2D eigenvalue weighted by Crippen LogP contribution is -2.49. The Labute approximate surface area is 125 Å². The van der Waals surface area contributed by atoms with Crippen molar-refractivity contribution in [1.82, 2.24) is 9.80 Å². The Morgan fingerprint density at radius 3 is 2.40 bits per heavy atom. The van der Waals surface area contributed by atoms with Crippen molar-refractivity contribution in [2.24, 2.45) is 0 Å². The molecule has 0 bridgehead atoms. The van der Waals surface area contributed by atoms with Crippen molar-refractivity contribution >= 4 is 28.8 Å². The van der Waals surface area contributed by atoms with Crippen LogP contribution in [0.15, 0.2) is 18.2 Å². The number of rotatable bonds is 1. The lowest BCUT2D eigenvalue weighted by atomic mass is 10.1. The third-order valence-electron chi connectivity index (χ3n) is 3.75. The van der Waals surface area contributed by atoms with Crippen LogP contribution >= 0.6 is 12.2 Å². The molecule has 5 heteroatoms. The number of benzene rings is 1. The molecule has 1 heterocycles. The number of amides is 1. The topological polar surface area (TPSA) is 35.6 Å². The fourth-order valence-electron chi connectivity index (χ4n) is 2.16. The maximum Gasteiger partial charge on any atom is 0.283 e. The molecule has 0 spiro atoms. The van der Waals surface area contributed by atoms with Crippen molar-refractivity contribution in [2.75, 3.05) is 38.5 Å². The van der Waals surface area contributed by atoms with Gasteiger partial charge in [-0.15, -0.1) is 0 Å². The highest BCUT2D eigenvalue weighted by Gasteiger charge is 2.21. The van der Waals surface area contributed by atoms with Crippen LogP contribution in [0.25, 0.3) is 0 Å². The molecule has 0 radical (unpaired) electrons. The van der Waals surface area contributed by atoms with Gasteiger partial charge in [0.15, 0.2) is 4.99 Å². The molecule has 0 atom stereocenters. The van der Waals surface area contributed by atoms with Crippen LogP contribution in [0.5, 0.6) is 0 Å². The molecule has 0 saturated carbocycles. The zero-order valence-corrected chi connectivity index (χ0v) is 13.1. The second kappa shape index (κ2) is 6.33. The van der Waals surface area contributed by atoms with Gasteiger partial charge >= 0.3 is 0 Å². The lowest BCUT2D eigenvalue weighted by Gasteiger charge is -2.33. The monoisotopic (exact) mass is 291 g/mol. The van der Waals surface area contributed by atoms with Crippen molar-refractivity contribution < 1.29 is 4.79 Å². The minimum atomic E-state index is -0.187. The highest BCUT2D eigenvalue weighted by molar-refractivity contribution is 7.82. The Bertz CT molecular complexity index is 522. The first-order chi connectivity index (χ1) is 9.47. The minimum absolute atomic E-state index is 0.187. The number of likely N-dealkylation sites (N-methyl/N-ethyl adjacent to an activating group) is 1. The van der Waals surface area contributed by atoms with E-state index < -0.39 is 0 Å². The smallest absolute Gasteiger partial charge is 0.283 e. The van der Waals surface area contributed by atoms with Gasteiger partial charge in [0.25, 0.3) is 5.91 Å². The van der Waals surface area contributed by atoms with Gasteiger partial charge < -0.3 is 15.1 Å². The molecule has 1 aliphatic heterocycles. The maximum absolute atomic E-state index is 12.2. The van der Waals surface area contributed by atoms with Crippen molar-refractivity contribution in [3.8, 4) is 0 Å². The molecule has 0 aliphatic carbocycles. The molecular formula is C15H21N3OS. The second-order valence-electron chi connectivity index (χ2n) is 5.35. The summed E-state index contributed by atoms with van der Waals surface area (Å²) in [7, 11) is 2.08. The van der Waals surface area contributed by atoms with E-state index in [1.54, 1.807) is 0 Å². The Balaban J connectivity index is 1.97. The van der Waals surface area contributed by atoms with Crippen LogP contribution in [0.3, 0.4) is 0 Å². The molecule has 0 aromatic heterocycles. The van der Waals surface area contributed by atoms with Crippen LogP contribution in [0.4, 0.5) is 5.69 Å². The maximum atomic E-state index is 12.2. The van der Waals surface area contributed by atoms with Crippen molar-refractivity contribution in [3.05, 3.63) is 29.3 Å². The van der Waals surface area contributed by atoms with Crippen molar-refractivity contribution in [3.63, 3.8) is 0 Å². The van der Waals surface area contributed by atoms with Gasteiger partial charge in [-0.05, 0) is 44.2 Å². The summed E-state index contributed by atoms with van der Waals surface area (Å²) in [5, 5.41) is 2.88. The normalized spacial score (nSPS) is 16.1. The van der Waals surface area contributed by atoms with Gasteiger partial charge in [-0.25, -0.2) is 0 Å². The average Bonchev–Trinajstić information content (AvgIpc) is 2.43. The Morgan fingerprint density at radius 2 is 1.80 bits per heavy atom.